The number of rotatable bonds is 2. The maximum Gasteiger partial charge on any atom is 0.417 e. The van der Waals surface area contributed by atoms with Crippen molar-refractivity contribution in [2.45, 2.75) is 11.9 Å². The second-order valence-electron chi connectivity index (χ2n) is 3.00. The van der Waals surface area contributed by atoms with Crippen molar-refractivity contribution in [2.75, 3.05) is 0 Å². The lowest BCUT2D eigenvalue weighted by Gasteiger charge is -2.09. The van der Waals surface area contributed by atoms with Crippen molar-refractivity contribution in [3.05, 3.63) is 34.3 Å². The molecule has 0 aliphatic carbocycles. The van der Waals surface area contributed by atoms with Gasteiger partial charge in [-0.2, -0.15) is 21.6 Å². The number of hydrogen-bond donors (Lipinski definition) is 0. The average molecular weight is 277 g/mol. The van der Waals surface area contributed by atoms with Crippen LogP contribution in [-0.2, 0) is 22.2 Å². The predicted molar refractivity (Wildman–Crippen MR) is 50.2 cm³/mol. The van der Waals surface area contributed by atoms with Crippen LogP contribution >= 0.6 is 11.6 Å². The zero-order valence-electron chi connectivity index (χ0n) is 7.55. The van der Waals surface area contributed by atoms with Crippen LogP contribution in [0.25, 0.3) is 0 Å². The van der Waals surface area contributed by atoms with E-state index in [1.807, 2.05) is 0 Å². The zero-order chi connectivity index (χ0) is 12.6. The summed E-state index contributed by atoms with van der Waals surface area (Å²) in [6, 6.07) is 2.42. The number of alkyl halides is 3. The maximum absolute atomic E-state index is 12.3. The van der Waals surface area contributed by atoms with E-state index in [1.54, 1.807) is 0 Å². The second-order valence-corrected chi connectivity index (χ2v) is 4.77. The van der Waals surface area contributed by atoms with E-state index in [0.717, 1.165) is 12.1 Å². The molecule has 0 atom stereocenters. The molecule has 0 spiro atoms. The van der Waals surface area contributed by atoms with Crippen LogP contribution in [0.15, 0.2) is 18.2 Å². The third-order valence-corrected chi connectivity index (χ3v) is 2.68. The lowest BCUT2D eigenvalue weighted by molar-refractivity contribution is -0.137. The summed E-state index contributed by atoms with van der Waals surface area (Å²) >= 11 is 5.29. The first-order valence-corrected chi connectivity index (χ1v) is 5.80. The van der Waals surface area contributed by atoms with Gasteiger partial charge in [0.05, 0.1) is 10.6 Å². The van der Waals surface area contributed by atoms with E-state index >= 15 is 0 Å². The molecule has 0 bridgehead atoms. The summed E-state index contributed by atoms with van der Waals surface area (Å²) in [5, 5.41) is -0.562. The summed E-state index contributed by atoms with van der Waals surface area (Å²) < 4.78 is 69.8. The van der Waals surface area contributed by atoms with Crippen LogP contribution in [0.3, 0.4) is 0 Å². The fourth-order valence-electron chi connectivity index (χ4n) is 1.08. The minimum Gasteiger partial charge on any atom is -0.194 e. The highest BCUT2D eigenvalue weighted by atomic mass is 35.5. The lowest BCUT2D eigenvalue weighted by Crippen LogP contribution is -2.07. The molecule has 90 valence electrons. The van der Waals surface area contributed by atoms with Crippen molar-refractivity contribution in [3.8, 4) is 0 Å². The lowest BCUT2D eigenvalue weighted by atomic mass is 10.1. The van der Waals surface area contributed by atoms with Crippen LogP contribution in [0.5, 0.6) is 0 Å². The van der Waals surface area contributed by atoms with Gasteiger partial charge < -0.3 is 0 Å². The van der Waals surface area contributed by atoms with E-state index in [4.69, 9.17) is 11.6 Å². The van der Waals surface area contributed by atoms with Crippen LogP contribution in [0.1, 0.15) is 11.1 Å². The summed E-state index contributed by atoms with van der Waals surface area (Å²) in [4.78, 5) is 0. The Morgan fingerprint density at radius 1 is 1.25 bits per heavy atom. The number of hydrogen-bond acceptors (Lipinski definition) is 2. The van der Waals surface area contributed by atoms with Gasteiger partial charge in [-0.25, -0.2) is 0 Å². The third-order valence-electron chi connectivity index (χ3n) is 1.68. The molecule has 0 fully saturated rings. The first-order chi connectivity index (χ1) is 7.09. The van der Waals surface area contributed by atoms with Gasteiger partial charge in [-0.1, -0.05) is 17.7 Å². The van der Waals surface area contributed by atoms with Gasteiger partial charge >= 0.3 is 16.4 Å². The Morgan fingerprint density at radius 2 is 1.81 bits per heavy atom. The molecule has 1 aromatic carbocycles. The number of halogens is 5. The van der Waals surface area contributed by atoms with Crippen molar-refractivity contribution in [1.82, 2.24) is 0 Å². The van der Waals surface area contributed by atoms with Gasteiger partial charge in [0, 0.05) is 0 Å². The van der Waals surface area contributed by atoms with Crippen molar-refractivity contribution >= 4 is 21.8 Å². The van der Waals surface area contributed by atoms with Gasteiger partial charge in [-0.05, 0) is 17.7 Å². The van der Waals surface area contributed by atoms with Gasteiger partial charge in [0.25, 0.3) is 0 Å². The average Bonchev–Trinajstić information content (AvgIpc) is 2.04. The molecule has 0 N–H and O–H groups in total. The van der Waals surface area contributed by atoms with Crippen molar-refractivity contribution < 1.29 is 25.5 Å². The Balaban J connectivity index is 3.18. The van der Waals surface area contributed by atoms with E-state index < -0.39 is 32.7 Å². The van der Waals surface area contributed by atoms with Gasteiger partial charge in [-0.15, -0.1) is 3.89 Å². The molecule has 0 aliphatic rings. The van der Waals surface area contributed by atoms with E-state index in [0.29, 0.717) is 6.07 Å². The molecule has 0 saturated heterocycles. The van der Waals surface area contributed by atoms with Crippen molar-refractivity contribution in [1.29, 1.82) is 0 Å². The van der Waals surface area contributed by atoms with E-state index in [2.05, 4.69) is 0 Å². The molecule has 0 radical (unpaired) electrons. The first kappa shape index (κ1) is 13.2. The molecule has 0 aliphatic heterocycles. The SMILES string of the molecule is O=S(=O)(F)Cc1ccc(Cl)c(C(F)(F)F)c1. The van der Waals surface area contributed by atoms with Crippen LogP contribution in [0, 0.1) is 0 Å². The molecule has 0 unspecified atom stereocenters. The molecule has 16 heavy (non-hydrogen) atoms. The maximum atomic E-state index is 12.3. The highest BCUT2D eigenvalue weighted by molar-refractivity contribution is 7.85. The first-order valence-electron chi connectivity index (χ1n) is 3.87. The minimum atomic E-state index is -4.86. The standard InChI is InChI=1S/C8H5ClF4O2S/c9-7-2-1-5(4-16(13,14)15)3-6(7)8(10,11)12/h1-3H,4H2. The highest BCUT2D eigenvalue weighted by Crippen LogP contribution is 2.35. The molecule has 1 aromatic rings. The topological polar surface area (TPSA) is 34.1 Å². The Morgan fingerprint density at radius 3 is 2.25 bits per heavy atom. The molecule has 1 rings (SSSR count). The molecule has 0 amide bonds. The second kappa shape index (κ2) is 4.21. The smallest absolute Gasteiger partial charge is 0.194 e. The molecule has 0 aromatic heterocycles. The van der Waals surface area contributed by atoms with Gasteiger partial charge in [-0.3, -0.25) is 0 Å². The summed E-state index contributed by atoms with van der Waals surface area (Å²) in [5.74, 6) is -1.10. The Bertz CT molecular complexity index is 495. The highest BCUT2D eigenvalue weighted by Gasteiger charge is 2.33. The quantitative estimate of drug-likeness (QED) is 0.614. The molecule has 0 heterocycles. The fourth-order valence-corrected chi connectivity index (χ4v) is 1.88. The minimum absolute atomic E-state index is 0.306. The summed E-state index contributed by atoms with van der Waals surface area (Å²) in [6.07, 6.45) is -4.70. The Hall–Kier alpha value is -0.820. The molecular weight excluding hydrogens is 272 g/mol. The summed E-state index contributed by atoms with van der Waals surface area (Å²) in [7, 11) is -4.86. The van der Waals surface area contributed by atoms with Gasteiger partial charge in [0.2, 0.25) is 0 Å². The van der Waals surface area contributed by atoms with Crippen LogP contribution in [-0.4, -0.2) is 8.42 Å². The predicted octanol–water partition coefficient (Wildman–Crippen LogP) is 3.16. The Kier molecular flexibility index (Phi) is 3.49. The van der Waals surface area contributed by atoms with Gasteiger partial charge in [0.15, 0.2) is 0 Å². The van der Waals surface area contributed by atoms with E-state index in [9.17, 15) is 25.5 Å². The zero-order valence-corrected chi connectivity index (χ0v) is 9.13. The van der Waals surface area contributed by atoms with Crippen molar-refractivity contribution in [3.63, 3.8) is 0 Å². The molecular formula is C8H5ClF4O2S. The van der Waals surface area contributed by atoms with Crippen molar-refractivity contribution in [2.24, 2.45) is 0 Å². The molecule has 2 nitrogen and oxygen atoms in total. The van der Waals surface area contributed by atoms with E-state index in [1.165, 1.54) is 0 Å². The number of benzene rings is 1. The van der Waals surface area contributed by atoms with Crippen LogP contribution in [0.2, 0.25) is 5.02 Å². The normalized spacial score (nSPS) is 12.8. The van der Waals surface area contributed by atoms with E-state index in [-0.39, 0.29) is 5.56 Å². The van der Waals surface area contributed by atoms with Gasteiger partial charge in [0.1, 0.15) is 5.75 Å². The molecule has 8 heteroatoms. The molecule has 0 saturated carbocycles. The fraction of sp³-hybridized carbons (Fsp3) is 0.250. The van der Waals surface area contributed by atoms with Crippen LogP contribution < -0.4 is 0 Å². The third kappa shape index (κ3) is 3.64. The summed E-state index contributed by atoms with van der Waals surface area (Å²) in [6.45, 7) is 0. The summed E-state index contributed by atoms with van der Waals surface area (Å²) in [5.41, 5.74) is -1.49. The largest absolute Gasteiger partial charge is 0.417 e. The van der Waals surface area contributed by atoms with Crippen LogP contribution in [0.4, 0.5) is 17.1 Å². The monoisotopic (exact) mass is 276 g/mol. The Labute approximate surface area is 94.0 Å².